The van der Waals surface area contributed by atoms with Gasteiger partial charge in [0.2, 0.25) is 5.91 Å². The van der Waals surface area contributed by atoms with Crippen molar-refractivity contribution in [2.75, 3.05) is 23.0 Å². The zero-order valence-electron chi connectivity index (χ0n) is 19.4. The monoisotopic (exact) mass is 498 g/mol. The Hall–Kier alpha value is -3.84. The molecule has 188 valence electrons. The summed E-state index contributed by atoms with van der Waals surface area (Å²) < 4.78 is 40.7. The third-order valence-corrected chi connectivity index (χ3v) is 6.68. The summed E-state index contributed by atoms with van der Waals surface area (Å²) >= 11 is 0. The molecule has 2 amide bonds. The molecule has 0 radical (unpaired) electrons. The highest BCUT2D eigenvalue weighted by atomic mass is 19.4. The molecule has 0 unspecified atom stereocenters. The molecule has 1 heterocycles. The number of aryl methyl sites for hydroxylation is 1. The van der Waals surface area contributed by atoms with Crippen LogP contribution in [0.5, 0.6) is 0 Å². The number of hydrogen-bond acceptors (Lipinski definition) is 5. The fourth-order valence-electron chi connectivity index (χ4n) is 4.74. The number of amides is 2. The van der Waals surface area contributed by atoms with Crippen LogP contribution in [0.25, 0.3) is 0 Å². The van der Waals surface area contributed by atoms with Crippen molar-refractivity contribution in [3.8, 4) is 6.07 Å². The maximum atomic E-state index is 13.6. The van der Waals surface area contributed by atoms with Crippen molar-refractivity contribution >= 4 is 23.2 Å². The molecule has 1 aliphatic carbocycles. The number of hydrogen-bond donors (Lipinski definition) is 2. The number of carbonyl (C=O) groups is 2. The molecular formula is C26H25F3N4O3. The lowest BCUT2D eigenvalue weighted by Crippen LogP contribution is -2.54. The third kappa shape index (κ3) is 4.42. The first kappa shape index (κ1) is 25.3. The lowest BCUT2D eigenvalue weighted by Gasteiger charge is -2.43. The van der Waals surface area contributed by atoms with Crippen molar-refractivity contribution in [1.29, 1.82) is 5.26 Å². The summed E-state index contributed by atoms with van der Waals surface area (Å²) in [5.74, 6) is -0.272. The molecule has 0 atom stereocenters. The highest BCUT2D eigenvalue weighted by molar-refractivity contribution is 6.11. The number of alkyl halides is 3. The van der Waals surface area contributed by atoms with Crippen molar-refractivity contribution in [3.63, 3.8) is 0 Å². The quantitative estimate of drug-likeness (QED) is 0.604. The summed E-state index contributed by atoms with van der Waals surface area (Å²) in [6, 6.07) is 12.1. The number of anilines is 2. The van der Waals surface area contributed by atoms with Crippen LogP contribution in [0, 0.1) is 11.3 Å². The van der Waals surface area contributed by atoms with E-state index < -0.39 is 22.8 Å². The van der Waals surface area contributed by atoms with E-state index in [9.17, 15) is 22.8 Å². The van der Waals surface area contributed by atoms with Gasteiger partial charge in [-0.2, -0.15) is 18.4 Å². The van der Waals surface area contributed by atoms with E-state index in [1.54, 1.807) is 11.0 Å². The van der Waals surface area contributed by atoms with Gasteiger partial charge in [-0.25, -0.2) is 0 Å². The molecule has 1 saturated heterocycles. The Balaban J connectivity index is 1.61. The van der Waals surface area contributed by atoms with Gasteiger partial charge in [0.05, 0.1) is 29.5 Å². The van der Waals surface area contributed by atoms with Crippen LogP contribution in [0.2, 0.25) is 0 Å². The number of nitriles is 1. The predicted octanol–water partition coefficient (Wildman–Crippen LogP) is 3.87. The summed E-state index contributed by atoms with van der Waals surface area (Å²) in [5.41, 5.74) is -0.953. The number of aliphatic hydroxyl groups is 1. The van der Waals surface area contributed by atoms with Gasteiger partial charge >= 0.3 is 6.18 Å². The molecule has 0 bridgehead atoms. The summed E-state index contributed by atoms with van der Waals surface area (Å²) in [7, 11) is 0. The summed E-state index contributed by atoms with van der Waals surface area (Å²) in [5, 5.41) is 20.5. The number of benzene rings is 2. The molecule has 7 nitrogen and oxygen atoms in total. The smallest absolute Gasteiger partial charge is 0.395 e. The van der Waals surface area contributed by atoms with Crippen LogP contribution < -0.4 is 15.1 Å². The molecule has 2 aromatic rings. The highest BCUT2D eigenvalue weighted by Gasteiger charge is 2.58. The zero-order chi connectivity index (χ0) is 26.1. The van der Waals surface area contributed by atoms with Crippen LogP contribution in [0.15, 0.2) is 54.9 Å². The molecule has 2 N–H and O–H groups in total. The minimum atomic E-state index is -4.75. The second-order valence-electron chi connectivity index (χ2n) is 8.86. The van der Waals surface area contributed by atoms with Crippen molar-refractivity contribution in [2.45, 2.75) is 43.8 Å². The first-order valence-electron chi connectivity index (χ1n) is 11.5. The second kappa shape index (κ2) is 9.66. The molecule has 2 aliphatic rings. The lowest BCUT2D eigenvalue weighted by molar-refractivity contribution is -0.137. The van der Waals surface area contributed by atoms with E-state index >= 15 is 0 Å². The minimum Gasteiger partial charge on any atom is -0.395 e. The van der Waals surface area contributed by atoms with Crippen molar-refractivity contribution in [3.05, 3.63) is 71.6 Å². The third-order valence-electron chi connectivity index (χ3n) is 6.68. The molecule has 4 rings (SSSR count). The number of nitrogens with zero attached hydrogens (tertiary/aromatic N) is 3. The van der Waals surface area contributed by atoms with Gasteiger partial charge in [-0.1, -0.05) is 18.7 Å². The normalized spacial score (nSPS) is 16.8. The van der Waals surface area contributed by atoms with Gasteiger partial charge in [-0.05, 0) is 61.6 Å². The molecule has 0 aromatic heterocycles. The minimum absolute atomic E-state index is 0.00983. The number of nitrogens with one attached hydrogen (secondary N) is 1. The van der Waals surface area contributed by atoms with Gasteiger partial charge in [-0.3, -0.25) is 14.5 Å². The van der Waals surface area contributed by atoms with Crippen molar-refractivity contribution in [2.24, 2.45) is 0 Å². The molecule has 36 heavy (non-hydrogen) atoms. The Kier molecular flexibility index (Phi) is 6.78. The average molecular weight is 499 g/mol. The standard InChI is InChI=1S/C26H25F3N4O3/c1-17-32(21-9-6-19(16-30)22(15-21)26(27,28)29)24(36)25(11-2-12-25)33(17)20-7-3-18(4-8-20)5-10-23(35)31-13-14-34/h3-4,6-9,15,34H,1-2,5,10-14H2,(H,31,35). The number of rotatable bonds is 7. The number of carbonyl (C=O) groups excluding carboxylic acids is 2. The Morgan fingerprint density at radius 3 is 2.39 bits per heavy atom. The molecular weight excluding hydrogens is 473 g/mol. The molecule has 2 fully saturated rings. The van der Waals surface area contributed by atoms with Gasteiger partial charge in [0.1, 0.15) is 11.4 Å². The van der Waals surface area contributed by atoms with Crippen molar-refractivity contribution < 1.29 is 27.9 Å². The van der Waals surface area contributed by atoms with Crippen LogP contribution in [0.3, 0.4) is 0 Å². The van der Waals surface area contributed by atoms with Gasteiger partial charge in [0, 0.05) is 18.7 Å². The second-order valence-corrected chi connectivity index (χ2v) is 8.86. The average Bonchev–Trinajstić information content (AvgIpc) is 3.07. The van der Waals surface area contributed by atoms with Crippen molar-refractivity contribution in [1.82, 2.24) is 5.32 Å². The van der Waals surface area contributed by atoms with E-state index in [0.29, 0.717) is 24.9 Å². The van der Waals surface area contributed by atoms with E-state index in [1.807, 2.05) is 24.3 Å². The first-order valence-corrected chi connectivity index (χ1v) is 11.5. The van der Waals surface area contributed by atoms with Gasteiger partial charge in [-0.15, -0.1) is 0 Å². The Morgan fingerprint density at radius 1 is 1.17 bits per heavy atom. The fourth-order valence-corrected chi connectivity index (χ4v) is 4.74. The molecule has 10 heteroatoms. The molecule has 1 aliphatic heterocycles. The summed E-state index contributed by atoms with van der Waals surface area (Å²) in [6.45, 7) is 4.13. The maximum absolute atomic E-state index is 13.6. The predicted molar refractivity (Wildman–Crippen MR) is 127 cm³/mol. The largest absolute Gasteiger partial charge is 0.417 e. The fraction of sp³-hybridized carbons (Fsp3) is 0.346. The SMILES string of the molecule is C=C1N(c2ccc(C#N)c(C(F)(F)F)c2)C(=O)C2(CCC2)N1c1ccc(CCC(=O)NCCO)cc1. The number of aliphatic hydroxyl groups excluding tert-OH is 1. The topological polar surface area (TPSA) is 96.7 Å². The molecule has 1 saturated carbocycles. The highest BCUT2D eigenvalue weighted by Crippen LogP contribution is 2.50. The van der Waals surface area contributed by atoms with Gasteiger partial charge < -0.3 is 15.3 Å². The summed E-state index contributed by atoms with van der Waals surface area (Å²) in [6.07, 6.45) is -2.13. The first-order chi connectivity index (χ1) is 17.1. The maximum Gasteiger partial charge on any atom is 0.417 e. The van der Waals surface area contributed by atoms with E-state index in [-0.39, 0.29) is 42.9 Å². The Bertz CT molecular complexity index is 1230. The number of halogens is 3. The zero-order valence-corrected chi connectivity index (χ0v) is 19.4. The van der Waals surface area contributed by atoms with Gasteiger partial charge in [0.25, 0.3) is 5.91 Å². The molecule has 2 aromatic carbocycles. The van der Waals surface area contributed by atoms with Crippen LogP contribution >= 0.6 is 0 Å². The van der Waals surface area contributed by atoms with E-state index in [4.69, 9.17) is 10.4 Å². The van der Waals surface area contributed by atoms with E-state index in [2.05, 4.69) is 11.9 Å². The van der Waals surface area contributed by atoms with Crippen LogP contribution in [-0.4, -0.2) is 35.6 Å². The van der Waals surface area contributed by atoms with Gasteiger partial charge in [0.15, 0.2) is 0 Å². The van der Waals surface area contributed by atoms with Crippen LogP contribution in [0.4, 0.5) is 24.5 Å². The van der Waals surface area contributed by atoms with Crippen LogP contribution in [-0.2, 0) is 22.2 Å². The Morgan fingerprint density at radius 2 is 1.83 bits per heavy atom. The Labute approximate surface area is 206 Å². The summed E-state index contributed by atoms with van der Waals surface area (Å²) in [4.78, 5) is 28.3. The lowest BCUT2D eigenvalue weighted by atomic mass is 9.75. The molecule has 1 spiro atoms. The van der Waals surface area contributed by atoms with E-state index in [1.165, 1.54) is 11.0 Å². The van der Waals surface area contributed by atoms with E-state index in [0.717, 1.165) is 24.1 Å². The van der Waals surface area contributed by atoms with Crippen LogP contribution in [0.1, 0.15) is 42.4 Å².